The molecule has 0 unspecified atom stereocenters. The summed E-state index contributed by atoms with van der Waals surface area (Å²) in [6, 6.07) is 5.92. The summed E-state index contributed by atoms with van der Waals surface area (Å²) in [7, 11) is 0. The highest BCUT2D eigenvalue weighted by Gasteiger charge is 2.11. The number of carbonyl (C=O) groups excluding carboxylic acids is 1. The van der Waals surface area contributed by atoms with Crippen molar-refractivity contribution >= 4 is 29.2 Å². The van der Waals surface area contributed by atoms with Crippen molar-refractivity contribution in [3.8, 4) is 10.9 Å². The number of hydrogen-bond donors (Lipinski definition) is 0. The summed E-state index contributed by atoms with van der Waals surface area (Å²) in [6.07, 6.45) is 0.578. The fourth-order valence-electron chi connectivity index (χ4n) is 1.03. The molecule has 0 spiro atoms. The highest BCUT2D eigenvalue weighted by atomic mass is 35.5. The van der Waals surface area contributed by atoms with E-state index in [0.29, 0.717) is 6.29 Å². The average molecular weight is 258 g/mol. The van der Waals surface area contributed by atoms with Gasteiger partial charge in [0.2, 0.25) is 0 Å². The standard InChI is InChI=1S/C10H5ClFNO2S/c11-9-8(5-14)16-10(13-9)15-7-4-2-1-3-6(7)12/h1-5H. The number of aromatic nitrogens is 1. The minimum atomic E-state index is -0.499. The zero-order valence-electron chi connectivity index (χ0n) is 7.81. The number of nitrogens with zero attached hydrogens (tertiary/aromatic N) is 1. The van der Waals surface area contributed by atoms with E-state index in [9.17, 15) is 9.18 Å². The van der Waals surface area contributed by atoms with E-state index in [4.69, 9.17) is 16.3 Å². The van der Waals surface area contributed by atoms with Crippen LogP contribution in [0.15, 0.2) is 24.3 Å². The second-order valence-electron chi connectivity index (χ2n) is 2.79. The van der Waals surface area contributed by atoms with Gasteiger partial charge in [0, 0.05) is 0 Å². The van der Waals surface area contributed by atoms with Crippen molar-refractivity contribution in [2.75, 3.05) is 0 Å². The molecule has 0 bridgehead atoms. The third-order valence-electron chi connectivity index (χ3n) is 1.73. The lowest BCUT2D eigenvalue weighted by Gasteiger charge is -2.01. The summed E-state index contributed by atoms with van der Waals surface area (Å²) < 4.78 is 18.4. The quantitative estimate of drug-likeness (QED) is 0.790. The van der Waals surface area contributed by atoms with E-state index >= 15 is 0 Å². The fourth-order valence-corrected chi connectivity index (χ4v) is 1.95. The van der Waals surface area contributed by atoms with Crippen molar-refractivity contribution in [2.24, 2.45) is 0 Å². The number of benzene rings is 1. The molecular weight excluding hydrogens is 253 g/mol. The van der Waals surface area contributed by atoms with E-state index in [1.165, 1.54) is 12.1 Å². The Morgan fingerprint density at radius 1 is 1.44 bits per heavy atom. The summed E-state index contributed by atoms with van der Waals surface area (Å²) in [5.41, 5.74) is 0. The van der Waals surface area contributed by atoms with Gasteiger partial charge in [0.1, 0.15) is 4.88 Å². The number of para-hydroxylation sites is 1. The molecule has 0 N–H and O–H groups in total. The first kappa shape index (κ1) is 11.0. The molecule has 0 fully saturated rings. The van der Waals surface area contributed by atoms with Crippen LogP contribution >= 0.6 is 22.9 Å². The van der Waals surface area contributed by atoms with Crippen molar-refractivity contribution in [1.82, 2.24) is 4.98 Å². The molecule has 0 aliphatic carbocycles. The van der Waals surface area contributed by atoms with Crippen LogP contribution in [-0.4, -0.2) is 11.3 Å². The first-order chi connectivity index (χ1) is 7.70. The predicted octanol–water partition coefficient (Wildman–Crippen LogP) is 3.54. The van der Waals surface area contributed by atoms with Crippen molar-refractivity contribution in [3.63, 3.8) is 0 Å². The maximum Gasteiger partial charge on any atom is 0.280 e. The highest BCUT2D eigenvalue weighted by molar-refractivity contribution is 7.15. The molecule has 0 saturated heterocycles. The number of hydrogen-bond acceptors (Lipinski definition) is 4. The Hall–Kier alpha value is -1.46. The lowest BCUT2D eigenvalue weighted by atomic mass is 10.3. The monoisotopic (exact) mass is 257 g/mol. The second-order valence-corrected chi connectivity index (χ2v) is 4.14. The third kappa shape index (κ3) is 2.20. The Kier molecular flexibility index (Phi) is 3.17. The number of aldehydes is 1. The molecule has 3 nitrogen and oxygen atoms in total. The smallest absolute Gasteiger partial charge is 0.280 e. The molecule has 6 heteroatoms. The number of thiazole rings is 1. The summed E-state index contributed by atoms with van der Waals surface area (Å²) in [5.74, 6) is -0.452. The minimum absolute atomic E-state index is 0.0466. The van der Waals surface area contributed by atoms with E-state index in [1.807, 2.05) is 0 Å². The Balaban J connectivity index is 2.27. The lowest BCUT2D eigenvalue weighted by Crippen LogP contribution is -1.86. The van der Waals surface area contributed by atoms with Gasteiger partial charge in [0.15, 0.2) is 23.0 Å². The van der Waals surface area contributed by atoms with Crippen LogP contribution < -0.4 is 4.74 Å². The fraction of sp³-hybridized carbons (Fsp3) is 0. The summed E-state index contributed by atoms with van der Waals surface area (Å²) in [4.78, 5) is 14.6. The minimum Gasteiger partial charge on any atom is -0.428 e. The topological polar surface area (TPSA) is 39.2 Å². The number of carbonyl (C=O) groups is 1. The van der Waals surface area contributed by atoms with Gasteiger partial charge in [-0.05, 0) is 12.1 Å². The normalized spacial score (nSPS) is 10.1. The Morgan fingerprint density at radius 2 is 2.19 bits per heavy atom. The average Bonchev–Trinajstić information content (AvgIpc) is 2.62. The van der Waals surface area contributed by atoms with E-state index in [1.54, 1.807) is 12.1 Å². The molecule has 0 aliphatic rings. The molecule has 16 heavy (non-hydrogen) atoms. The number of rotatable bonds is 3. The second kappa shape index (κ2) is 4.59. The zero-order chi connectivity index (χ0) is 11.5. The van der Waals surface area contributed by atoms with Gasteiger partial charge in [-0.3, -0.25) is 4.79 Å². The van der Waals surface area contributed by atoms with Gasteiger partial charge < -0.3 is 4.74 Å². The summed E-state index contributed by atoms with van der Waals surface area (Å²) in [5, 5.41) is 0.198. The predicted molar refractivity (Wildman–Crippen MR) is 59.0 cm³/mol. The number of ether oxygens (including phenoxy) is 1. The van der Waals surface area contributed by atoms with Gasteiger partial charge in [-0.25, -0.2) is 4.39 Å². The number of halogens is 2. The molecule has 0 atom stereocenters. The van der Waals surface area contributed by atoms with Crippen molar-refractivity contribution in [1.29, 1.82) is 0 Å². The molecule has 0 amide bonds. The molecule has 0 aliphatic heterocycles. The SMILES string of the molecule is O=Cc1sc(Oc2ccccc2F)nc1Cl. The van der Waals surface area contributed by atoms with Gasteiger partial charge in [-0.2, -0.15) is 4.98 Å². The Morgan fingerprint density at radius 3 is 2.81 bits per heavy atom. The van der Waals surface area contributed by atoms with Crippen LogP contribution in [0.1, 0.15) is 9.67 Å². The summed E-state index contributed by atoms with van der Waals surface area (Å²) in [6.45, 7) is 0. The third-order valence-corrected chi connectivity index (χ3v) is 2.99. The van der Waals surface area contributed by atoms with Crippen LogP contribution in [0.5, 0.6) is 10.9 Å². The Labute approximate surface area is 99.5 Å². The van der Waals surface area contributed by atoms with Crippen LogP contribution in [-0.2, 0) is 0 Å². The van der Waals surface area contributed by atoms with Gasteiger partial charge in [-0.15, -0.1) is 0 Å². The molecule has 82 valence electrons. The molecule has 2 rings (SSSR count). The van der Waals surface area contributed by atoms with E-state index in [2.05, 4.69) is 4.98 Å². The van der Waals surface area contributed by atoms with E-state index in [-0.39, 0.29) is 21.0 Å². The first-order valence-electron chi connectivity index (χ1n) is 4.24. The van der Waals surface area contributed by atoms with Gasteiger partial charge in [0.25, 0.3) is 5.19 Å². The maximum atomic E-state index is 13.2. The van der Waals surface area contributed by atoms with Crippen molar-refractivity contribution < 1.29 is 13.9 Å². The molecule has 1 heterocycles. The van der Waals surface area contributed by atoms with E-state index < -0.39 is 5.82 Å². The van der Waals surface area contributed by atoms with Gasteiger partial charge in [0.05, 0.1) is 0 Å². The summed E-state index contributed by atoms with van der Waals surface area (Å²) >= 11 is 6.61. The zero-order valence-corrected chi connectivity index (χ0v) is 9.39. The van der Waals surface area contributed by atoms with Crippen molar-refractivity contribution in [3.05, 3.63) is 40.1 Å². The first-order valence-corrected chi connectivity index (χ1v) is 5.44. The maximum absolute atomic E-state index is 13.2. The van der Waals surface area contributed by atoms with Crippen LogP contribution in [0.25, 0.3) is 0 Å². The van der Waals surface area contributed by atoms with Crippen LogP contribution in [0.2, 0.25) is 5.15 Å². The lowest BCUT2D eigenvalue weighted by molar-refractivity contribution is 0.112. The van der Waals surface area contributed by atoms with Gasteiger partial charge in [-0.1, -0.05) is 35.1 Å². The van der Waals surface area contributed by atoms with E-state index in [0.717, 1.165) is 11.3 Å². The van der Waals surface area contributed by atoms with Gasteiger partial charge >= 0.3 is 0 Å². The van der Waals surface area contributed by atoms with Crippen LogP contribution in [0, 0.1) is 5.82 Å². The molecule has 1 aromatic heterocycles. The molecule has 0 saturated carbocycles. The molecule has 2 aromatic rings. The molecule has 0 radical (unpaired) electrons. The van der Waals surface area contributed by atoms with Crippen molar-refractivity contribution in [2.45, 2.75) is 0 Å². The Bertz CT molecular complexity index is 529. The van der Waals surface area contributed by atoms with Crippen LogP contribution in [0.4, 0.5) is 4.39 Å². The largest absolute Gasteiger partial charge is 0.428 e. The molecule has 1 aromatic carbocycles. The molecular formula is C10H5ClFNO2S. The van der Waals surface area contributed by atoms with Crippen LogP contribution in [0.3, 0.4) is 0 Å². The highest BCUT2D eigenvalue weighted by Crippen LogP contribution is 2.31.